The molecule has 34 atom stereocenters. The standard InChI is InChI=1S/C46H80N2O34/c1-11-22(57)29(64)32(67)42(72-11)81-39-35(70)37(79-44-34(69)31(66)26(61)18(7-51)75-44)20(9-53)77-45(39)80-38-27(62)19(8-52)76-46(40(38)82-43-33(68)30(65)23(58)12(2)73-43)78-36(15(5-49)47-13(3)54)24(59)16(56)10-71-41-21(48-14(4)55)28(63)25(60)17(6-50)74-41/h11-12,15-46,49-53,56-70H,5-10H2,1-4H3,(H,47,54)(H,48,55)/t11-,12-,15-,16+,17+,18+,19+,20+,21+,22+,23+,24-,25+,26-,27-,28+,29+,30+,31-,32-,33-,34+,35-,36+,37-,38-,39+,40+,41+,42-,43-,44+,45-,46-/m0/s1. The Labute approximate surface area is 466 Å². The molecule has 36 heteroatoms. The van der Waals surface area contributed by atoms with E-state index in [1.165, 1.54) is 13.8 Å². The molecule has 0 aromatic rings. The first-order valence-corrected chi connectivity index (χ1v) is 26.3. The van der Waals surface area contributed by atoms with E-state index in [4.69, 9.17) is 56.8 Å². The maximum Gasteiger partial charge on any atom is 0.217 e. The number of hydrogen-bond acceptors (Lipinski definition) is 34. The van der Waals surface area contributed by atoms with Crippen molar-refractivity contribution in [2.75, 3.05) is 39.6 Å². The molecule has 0 bridgehead atoms. The second-order valence-electron chi connectivity index (χ2n) is 20.8. The van der Waals surface area contributed by atoms with Crippen LogP contribution < -0.4 is 10.6 Å². The van der Waals surface area contributed by atoms with Gasteiger partial charge in [0.05, 0.1) is 57.9 Å². The molecule has 2 amide bonds. The van der Waals surface area contributed by atoms with Gasteiger partial charge in [0.15, 0.2) is 37.7 Å². The maximum atomic E-state index is 12.6. The summed E-state index contributed by atoms with van der Waals surface area (Å²) in [7, 11) is 0. The highest BCUT2D eigenvalue weighted by Gasteiger charge is 2.59. The zero-order chi connectivity index (χ0) is 60.9. The molecule has 6 fully saturated rings. The molecule has 0 aromatic heterocycles. The molecule has 22 N–H and O–H groups in total. The smallest absolute Gasteiger partial charge is 0.217 e. The van der Waals surface area contributed by atoms with Crippen LogP contribution in [0.25, 0.3) is 0 Å². The van der Waals surface area contributed by atoms with Gasteiger partial charge in [-0.2, -0.15) is 0 Å². The van der Waals surface area contributed by atoms with Crippen molar-refractivity contribution in [3.63, 3.8) is 0 Å². The Kier molecular flexibility index (Phi) is 25.2. The fourth-order valence-corrected chi connectivity index (χ4v) is 10.2. The van der Waals surface area contributed by atoms with E-state index in [1.54, 1.807) is 0 Å². The minimum absolute atomic E-state index is 0.755. The van der Waals surface area contributed by atoms with Crippen LogP contribution in [0.1, 0.15) is 27.7 Å². The molecule has 0 saturated carbocycles. The van der Waals surface area contributed by atoms with Crippen molar-refractivity contribution in [2.45, 2.75) is 236 Å². The van der Waals surface area contributed by atoms with E-state index < -0.39 is 260 Å². The van der Waals surface area contributed by atoms with Gasteiger partial charge in [-0.05, 0) is 13.8 Å². The lowest BCUT2D eigenvalue weighted by Gasteiger charge is -2.51. The highest BCUT2D eigenvalue weighted by Crippen LogP contribution is 2.38. The van der Waals surface area contributed by atoms with Gasteiger partial charge in [-0.1, -0.05) is 0 Å². The van der Waals surface area contributed by atoms with Crippen LogP contribution in [0.2, 0.25) is 0 Å². The highest BCUT2D eigenvalue weighted by molar-refractivity contribution is 5.73. The number of ether oxygens (including phenoxy) is 12. The third kappa shape index (κ3) is 15.3. The molecule has 6 aliphatic heterocycles. The van der Waals surface area contributed by atoms with E-state index in [0.29, 0.717) is 0 Å². The Morgan fingerprint density at radius 1 is 0.439 bits per heavy atom. The predicted octanol–water partition coefficient (Wildman–Crippen LogP) is -14.3. The number of amides is 2. The normalized spacial score (nSPS) is 47.2. The number of carbonyl (C=O) groups excluding carboxylic acids is 2. The van der Waals surface area contributed by atoms with Gasteiger partial charge in [0.2, 0.25) is 11.8 Å². The number of aliphatic hydroxyl groups excluding tert-OH is 20. The average Bonchev–Trinajstić information content (AvgIpc) is 2.50. The Morgan fingerprint density at radius 2 is 0.866 bits per heavy atom. The van der Waals surface area contributed by atoms with Crippen molar-refractivity contribution in [1.82, 2.24) is 10.6 Å². The molecule has 6 aliphatic rings. The first-order valence-electron chi connectivity index (χ1n) is 26.3. The van der Waals surface area contributed by atoms with Crippen molar-refractivity contribution in [3.05, 3.63) is 0 Å². The number of hydrogen-bond donors (Lipinski definition) is 22. The Balaban J connectivity index is 1.40. The minimum Gasteiger partial charge on any atom is -0.394 e. The molecular weight excluding hydrogens is 1120 g/mol. The van der Waals surface area contributed by atoms with E-state index in [-0.39, 0.29) is 0 Å². The van der Waals surface area contributed by atoms with Gasteiger partial charge in [0.1, 0.15) is 153 Å². The third-order valence-corrected chi connectivity index (χ3v) is 14.9. The summed E-state index contributed by atoms with van der Waals surface area (Å²) in [4.78, 5) is 24.7. The van der Waals surface area contributed by atoms with Gasteiger partial charge in [-0.15, -0.1) is 0 Å². The lowest BCUT2D eigenvalue weighted by atomic mass is 9.94. The zero-order valence-corrected chi connectivity index (χ0v) is 44.5. The number of carbonyl (C=O) groups is 2. The first-order chi connectivity index (χ1) is 38.6. The molecular formula is C46H80N2O34. The number of aliphatic hydroxyl groups is 20. The van der Waals surface area contributed by atoms with E-state index in [1.807, 2.05) is 0 Å². The molecule has 0 spiro atoms. The van der Waals surface area contributed by atoms with Crippen LogP contribution in [0.15, 0.2) is 0 Å². The Hall–Kier alpha value is -2.34. The molecule has 36 nitrogen and oxygen atoms in total. The summed E-state index contributed by atoms with van der Waals surface area (Å²) in [6.07, 6.45) is -63.8. The van der Waals surface area contributed by atoms with Crippen LogP contribution in [0.3, 0.4) is 0 Å². The van der Waals surface area contributed by atoms with Crippen LogP contribution in [-0.2, 0) is 66.4 Å². The average molecular weight is 1210 g/mol. The Morgan fingerprint density at radius 3 is 1.37 bits per heavy atom. The highest BCUT2D eigenvalue weighted by atomic mass is 16.8. The Bertz CT molecular complexity index is 1980. The lowest BCUT2D eigenvalue weighted by molar-refractivity contribution is -0.414. The predicted molar refractivity (Wildman–Crippen MR) is 254 cm³/mol. The second-order valence-corrected chi connectivity index (χ2v) is 20.8. The molecule has 6 heterocycles. The molecule has 478 valence electrons. The number of rotatable bonds is 23. The van der Waals surface area contributed by atoms with Crippen molar-refractivity contribution < 1.29 is 169 Å². The van der Waals surface area contributed by atoms with Gasteiger partial charge in [-0.25, -0.2) is 0 Å². The molecule has 82 heavy (non-hydrogen) atoms. The van der Waals surface area contributed by atoms with Crippen molar-refractivity contribution >= 4 is 11.8 Å². The van der Waals surface area contributed by atoms with Crippen LogP contribution >= 0.6 is 0 Å². The van der Waals surface area contributed by atoms with Crippen molar-refractivity contribution in [3.8, 4) is 0 Å². The van der Waals surface area contributed by atoms with E-state index in [9.17, 15) is 112 Å². The van der Waals surface area contributed by atoms with Crippen LogP contribution in [0.4, 0.5) is 0 Å². The molecule has 0 aromatic carbocycles. The van der Waals surface area contributed by atoms with Gasteiger partial charge in [-0.3, -0.25) is 9.59 Å². The third-order valence-electron chi connectivity index (χ3n) is 14.9. The molecule has 0 radical (unpaired) electrons. The summed E-state index contributed by atoms with van der Waals surface area (Å²) >= 11 is 0. The monoisotopic (exact) mass is 1200 g/mol. The zero-order valence-electron chi connectivity index (χ0n) is 44.5. The summed E-state index contributed by atoms with van der Waals surface area (Å²) in [5, 5.41) is 222. The summed E-state index contributed by atoms with van der Waals surface area (Å²) in [5.74, 6) is -1.64. The number of nitrogens with one attached hydrogen (secondary N) is 2. The van der Waals surface area contributed by atoms with Gasteiger partial charge in [0, 0.05) is 13.8 Å². The lowest BCUT2D eigenvalue weighted by Crippen LogP contribution is -2.69. The molecule has 0 aliphatic carbocycles. The minimum atomic E-state index is -2.40. The summed E-state index contributed by atoms with van der Waals surface area (Å²) in [6.45, 7) is -1.82. The first kappa shape index (κ1) is 68.8. The van der Waals surface area contributed by atoms with Crippen molar-refractivity contribution in [2.24, 2.45) is 0 Å². The molecule has 0 unspecified atom stereocenters. The van der Waals surface area contributed by atoms with Gasteiger partial charge < -0.3 is 170 Å². The second kappa shape index (κ2) is 30.0. The quantitative estimate of drug-likeness (QED) is 0.0452. The van der Waals surface area contributed by atoms with E-state index in [0.717, 1.165) is 13.8 Å². The van der Waals surface area contributed by atoms with Crippen LogP contribution in [-0.4, -0.2) is 362 Å². The van der Waals surface area contributed by atoms with Gasteiger partial charge in [0.25, 0.3) is 0 Å². The summed E-state index contributed by atoms with van der Waals surface area (Å²) in [6, 6.07) is -3.36. The molecule has 6 saturated heterocycles. The fourth-order valence-electron chi connectivity index (χ4n) is 10.2. The van der Waals surface area contributed by atoms with E-state index in [2.05, 4.69) is 10.6 Å². The largest absolute Gasteiger partial charge is 0.394 e. The van der Waals surface area contributed by atoms with Crippen LogP contribution in [0, 0.1) is 0 Å². The SMILES string of the molecule is CC(=O)N[C@H]1[C@H](OC[C@@H](O)[C@H](O)[C@H](O[C@@H]2O[C@H](CO)[C@H](O)[C@H](O[C@@H]3O[C@H](CO)[C@H](O[C@H]4O[C@H](CO)[C@H](O)[C@H](O)[C@H]4O)[C@H](O)[C@H]3O[C@@H]3O[C@@H](C)[C@@H](O)[C@@H](O)[C@@H]3O)[C@H]2O[C@@H]2O[C@@H](C)[C@@H](O)[C@@H](O)[C@@H]2O)[C@H](CO)NC(C)=O)O[C@H](CO)[C@@H](O)[C@@H]1O. The maximum absolute atomic E-state index is 12.6. The molecule has 6 rings (SSSR count). The van der Waals surface area contributed by atoms with Gasteiger partial charge >= 0.3 is 0 Å². The fraction of sp³-hybridized carbons (Fsp3) is 0.957. The van der Waals surface area contributed by atoms with E-state index >= 15 is 0 Å². The van der Waals surface area contributed by atoms with Crippen molar-refractivity contribution in [1.29, 1.82) is 0 Å². The summed E-state index contributed by atoms with van der Waals surface area (Å²) < 4.78 is 70.4. The topological polar surface area (TPSA) is 574 Å². The van der Waals surface area contributed by atoms with Crippen LogP contribution in [0.5, 0.6) is 0 Å². The summed E-state index contributed by atoms with van der Waals surface area (Å²) in [5.41, 5.74) is 0.